The van der Waals surface area contributed by atoms with Gasteiger partial charge in [-0.2, -0.15) is 5.10 Å². The van der Waals surface area contributed by atoms with Gasteiger partial charge in [-0.1, -0.05) is 12.1 Å². The third-order valence-electron chi connectivity index (χ3n) is 4.35. The molecule has 132 valence electrons. The molecule has 0 N–H and O–H groups in total. The van der Waals surface area contributed by atoms with E-state index in [4.69, 9.17) is 0 Å². The van der Waals surface area contributed by atoms with Crippen molar-refractivity contribution in [2.24, 2.45) is 0 Å². The lowest BCUT2D eigenvalue weighted by Crippen LogP contribution is -2.29. The Morgan fingerprint density at radius 1 is 1.19 bits per heavy atom. The number of carbonyl (C=O) groups excluding carboxylic acids is 1. The monoisotopic (exact) mass is 350 g/mol. The van der Waals surface area contributed by atoms with E-state index >= 15 is 0 Å². The number of non-ortho nitro benzene ring substituents is 1. The van der Waals surface area contributed by atoms with E-state index in [2.05, 4.69) is 5.10 Å². The molecule has 0 spiro atoms. The van der Waals surface area contributed by atoms with E-state index in [0.717, 1.165) is 5.69 Å². The number of hydrogen-bond acceptors (Lipinski definition) is 4. The Morgan fingerprint density at radius 2 is 1.92 bits per heavy atom. The van der Waals surface area contributed by atoms with Crippen LogP contribution in [0.4, 0.5) is 5.69 Å². The Hall–Kier alpha value is -3.48. The van der Waals surface area contributed by atoms with Crippen LogP contribution in [0.5, 0.6) is 0 Å². The summed E-state index contributed by atoms with van der Waals surface area (Å²) in [4.78, 5) is 24.8. The number of nitro benzene ring substituents is 1. The Kier molecular flexibility index (Phi) is 4.79. The maximum absolute atomic E-state index is 12.7. The van der Waals surface area contributed by atoms with Crippen molar-refractivity contribution in [1.29, 1.82) is 0 Å². The minimum absolute atomic E-state index is 0.0128. The molecule has 7 nitrogen and oxygen atoms in total. The highest BCUT2D eigenvalue weighted by Crippen LogP contribution is 2.24. The molecule has 1 amide bonds. The van der Waals surface area contributed by atoms with Crippen molar-refractivity contribution in [3.8, 4) is 5.69 Å². The molecule has 0 aliphatic rings. The average molecular weight is 350 g/mol. The molecule has 7 heteroatoms. The minimum atomic E-state index is -0.438. The van der Waals surface area contributed by atoms with Gasteiger partial charge in [0.25, 0.3) is 11.6 Å². The predicted molar refractivity (Wildman–Crippen MR) is 97.2 cm³/mol. The van der Waals surface area contributed by atoms with Gasteiger partial charge in [0.15, 0.2) is 0 Å². The SMILES string of the molecule is CC(c1cccc([N+](=O)[O-])c1)N(C)C(=O)c1ccc(-n2cccn2)cc1. The first-order chi connectivity index (χ1) is 12.5. The van der Waals surface area contributed by atoms with Crippen LogP contribution in [0, 0.1) is 10.1 Å². The third kappa shape index (κ3) is 3.46. The standard InChI is InChI=1S/C19H18N4O3/c1-14(16-5-3-6-18(13-16)23(25)26)21(2)19(24)15-7-9-17(10-8-15)22-12-4-11-20-22/h3-14H,1-2H3. The smallest absolute Gasteiger partial charge is 0.269 e. The second kappa shape index (κ2) is 7.18. The summed E-state index contributed by atoms with van der Waals surface area (Å²) in [6, 6.07) is 15.0. The highest BCUT2D eigenvalue weighted by atomic mass is 16.6. The van der Waals surface area contributed by atoms with Crippen LogP contribution in [0.1, 0.15) is 28.9 Å². The largest absolute Gasteiger partial charge is 0.335 e. The summed E-state index contributed by atoms with van der Waals surface area (Å²) in [5.41, 5.74) is 2.13. The van der Waals surface area contributed by atoms with Crippen LogP contribution in [0.3, 0.4) is 0 Å². The number of aromatic nitrogens is 2. The fourth-order valence-electron chi connectivity index (χ4n) is 2.68. The van der Waals surface area contributed by atoms with E-state index in [0.29, 0.717) is 11.1 Å². The van der Waals surface area contributed by atoms with Crippen molar-refractivity contribution < 1.29 is 9.72 Å². The lowest BCUT2D eigenvalue weighted by Gasteiger charge is -2.25. The van der Waals surface area contributed by atoms with Gasteiger partial charge in [-0.15, -0.1) is 0 Å². The van der Waals surface area contributed by atoms with E-state index in [1.54, 1.807) is 47.1 Å². The van der Waals surface area contributed by atoms with Gasteiger partial charge in [0.2, 0.25) is 0 Å². The normalized spacial score (nSPS) is 11.8. The van der Waals surface area contributed by atoms with Crippen molar-refractivity contribution in [2.75, 3.05) is 7.05 Å². The maximum atomic E-state index is 12.7. The first-order valence-corrected chi connectivity index (χ1v) is 8.09. The molecule has 0 fully saturated rings. The highest BCUT2D eigenvalue weighted by molar-refractivity contribution is 5.94. The topological polar surface area (TPSA) is 81.3 Å². The number of hydrogen-bond donors (Lipinski definition) is 0. The van der Waals surface area contributed by atoms with Crippen LogP contribution in [0.2, 0.25) is 0 Å². The van der Waals surface area contributed by atoms with Gasteiger partial charge in [-0.25, -0.2) is 4.68 Å². The molecule has 3 rings (SSSR count). The first-order valence-electron chi connectivity index (χ1n) is 8.09. The lowest BCUT2D eigenvalue weighted by atomic mass is 10.1. The van der Waals surface area contributed by atoms with Crippen LogP contribution in [0.25, 0.3) is 5.69 Å². The molecule has 0 aliphatic carbocycles. The predicted octanol–water partition coefficient (Wildman–Crippen LogP) is 3.61. The van der Waals surface area contributed by atoms with Crippen LogP contribution >= 0.6 is 0 Å². The summed E-state index contributed by atoms with van der Waals surface area (Å²) in [7, 11) is 1.69. The van der Waals surface area contributed by atoms with Gasteiger partial charge < -0.3 is 4.90 Å². The molecule has 3 aromatic rings. The molecule has 0 radical (unpaired) electrons. The number of nitro groups is 1. The minimum Gasteiger partial charge on any atom is -0.335 e. The maximum Gasteiger partial charge on any atom is 0.269 e. The van der Waals surface area contributed by atoms with Gasteiger partial charge in [-0.05, 0) is 42.8 Å². The van der Waals surface area contributed by atoms with Crippen LogP contribution in [-0.2, 0) is 0 Å². The molecule has 0 aliphatic heterocycles. The second-order valence-electron chi connectivity index (χ2n) is 5.94. The summed E-state index contributed by atoms with van der Waals surface area (Å²) in [5.74, 6) is -0.156. The zero-order valence-electron chi connectivity index (χ0n) is 14.4. The molecular weight excluding hydrogens is 332 g/mol. The van der Waals surface area contributed by atoms with E-state index in [9.17, 15) is 14.9 Å². The summed E-state index contributed by atoms with van der Waals surface area (Å²) in [6.07, 6.45) is 3.51. The number of nitrogens with zero attached hydrogens (tertiary/aromatic N) is 4. The number of amides is 1. The number of carbonyl (C=O) groups is 1. The van der Waals surface area contributed by atoms with Crippen molar-refractivity contribution in [3.05, 3.63) is 88.2 Å². The summed E-state index contributed by atoms with van der Waals surface area (Å²) in [6.45, 7) is 1.84. The molecule has 0 saturated carbocycles. The highest BCUT2D eigenvalue weighted by Gasteiger charge is 2.20. The van der Waals surface area contributed by atoms with Gasteiger partial charge in [0.1, 0.15) is 0 Å². The molecule has 0 saturated heterocycles. The number of benzene rings is 2. The van der Waals surface area contributed by atoms with Crippen molar-refractivity contribution >= 4 is 11.6 Å². The fourth-order valence-corrected chi connectivity index (χ4v) is 2.68. The summed E-state index contributed by atoms with van der Waals surface area (Å²) >= 11 is 0. The van der Waals surface area contributed by atoms with Crippen LogP contribution in [-0.4, -0.2) is 32.6 Å². The third-order valence-corrected chi connectivity index (χ3v) is 4.35. The molecule has 1 unspecified atom stereocenters. The molecule has 0 bridgehead atoms. The Bertz CT molecular complexity index is 920. The van der Waals surface area contributed by atoms with Crippen LogP contribution in [0.15, 0.2) is 67.0 Å². The Labute approximate surface area is 150 Å². The molecule has 1 heterocycles. The van der Waals surface area contributed by atoms with Crippen LogP contribution < -0.4 is 0 Å². The van der Waals surface area contributed by atoms with Gasteiger partial charge in [-0.3, -0.25) is 14.9 Å². The van der Waals surface area contributed by atoms with E-state index in [1.807, 2.05) is 31.3 Å². The van der Waals surface area contributed by atoms with Gasteiger partial charge >= 0.3 is 0 Å². The van der Waals surface area contributed by atoms with Gasteiger partial charge in [0.05, 0.1) is 16.7 Å². The quantitative estimate of drug-likeness (QED) is 0.520. The Morgan fingerprint density at radius 3 is 2.54 bits per heavy atom. The average Bonchev–Trinajstić information content (AvgIpc) is 3.21. The van der Waals surface area contributed by atoms with E-state index in [-0.39, 0.29) is 17.6 Å². The van der Waals surface area contributed by atoms with E-state index in [1.165, 1.54) is 12.1 Å². The van der Waals surface area contributed by atoms with Crippen molar-refractivity contribution in [2.45, 2.75) is 13.0 Å². The summed E-state index contributed by atoms with van der Waals surface area (Å²) < 4.78 is 1.71. The van der Waals surface area contributed by atoms with Crippen molar-refractivity contribution in [1.82, 2.24) is 14.7 Å². The molecule has 26 heavy (non-hydrogen) atoms. The molecule has 2 aromatic carbocycles. The lowest BCUT2D eigenvalue weighted by molar-refractivity contribution is -0.384. The molecule has 1 aromatic heterocycles. The summed E-state index contributed by atoms with van der Waals surface area (Å²) in [5, 5.41) is 15.1. The zero-order valence-corrected chi connectivity index (χ0v) is 14.4. The molecule has 1 atom stereocenters. The zero-order chi connectivity index (χ0) is 18.7. The Balaban J connectivity index is 1.78. The first kappa shape index (κ1) is 17.3. The molecular formula is C19H18N4O3. The van der Waals surface area contributed by atoms with Crippen molar-refractivity contribution in [3.63, 3.8) is 0 Å². The van der Waals surface area contributed by atoms with E-state index < -0.39 is 4.92 Å². The van der Waals surface area contributed by atoms with Gasteiger partial charge in [0, 0.05) is 37.1 Å². The number of rotatable bonds is 5. The fraction of sp³-hybridized carbons (Fsp3) is 0.158. The second-order valence-corrected chi connectivity index (χ2v) is 5.94.